The van der Waals surface area contributed by atoms with Gasteiger partial charge in [-0.05, 0) is 18.1 Å². The molecule has 0 aliphatic carbocycles. The van der Waals surface area contributed by atoms with Gasteiger partial charge < -0.3 is 5.11 Å². The average Bonchev–Trinajstić information content (AvgIpc) is 2.46. The maximum Gasteiger partial charge on any atom is 0.118 e. The quantitative estimate of drug-likeness (QED) is 0.801. The minimum atomic E-state index is -0.949. The van der Waals surface area contributed by atoms with Gasteiger partial charge in [0.15, 0.2) is 0 Å². The number of hydrogen-bond acceptors (Lipinski definition) is 1. The van der Waals surface area contributed by atoms with Crippen LogP contribution >= 0.6 is 0 Å². The Balaban J connectivity index is 2.47. The summed E-state index contributed by atoms with van der Waals surface area (Å²) in [5.41, 5.74) is 0.901. The minimum Gasteiger partial charge on any atom is -0.380 e. The SMILES string of the molecule is C/C=C/CC(O)(c1ccccc1)c1ccccc1. The summed E-state index contributed by atoms with van der Waals surface area (Å²) in [4.78, 5) is 0. The monoisotopic (exact) mass is 238 g/mol. The Bertz CT molecular complexity index is 460. The Morgan fingerprint density at radius 3 is 1.72 bits per heavy atom. The van der Waals surface area contributed by atoms with Crippen LogP contribution in [0, 0.1) is 0 Å². The van der Waals surface area contributed by atoms with Crippen LogP contribution in [-0.4, -0.2) is 5.11 Å². The van der Waals surface area contributed by atoms with Gasteiger partial charge in [0.2, 0.25) is 0 Å². The molecule has 0 amide bonds. The van der Waals surface area contributed by atoms with Gasteiger partial charge in [0.1, 0.15) is 5.60 Å². The van der Waals surface area contributed by atoms with E-state index >= 15 is 0 Å². The molecular formula is C17H18O. The van der Waals surface area contributed by atoms with Crippen LogP contribution in [0.3, 0.4) is 0 Å². The van der Waals surface area contributed by atoms with Crippen molar-refractivity contribution in [1.82, 2.24) is 0 Å². The summed E-state index contributed by atoms with van der Waals surface area (Å²) in [7, 11) is 0. The lowest BCUT2D eigenvalue weighted by Crippen LogP contribution is -2.26. The van der Waals surface area contributed by atoms with Gasteiger partial charge in [-0.25, -0.2) is 0 Å². The van der Waals surface area contributed by atoms with Gasteiger partial charge >= 0.3 is 0 Å². The lowest BCUT2D eigenvalue weighted by Gasteiger charge is -2.28. The largest absolute Gasteiger partial charge is 0.380 e. The van der Waals surface area contributed by atoms with Crippen LogP contribution < -0.4 is 0 Å². The molecule has 2 rings (SSSR count). The van der Waals surface area contributed by atoms with E-state index in [1.165, 1.54) is 0 Å². The van der Waals surface area contributed by atoms with Crippen LogP contribution in [0.4, 0.5) is 0 Å². The number of aliphatic hydroxyl groups is 1. The van der Waals surface area contributed by atoms with Crippen molar-refractivity contribution in [2.75, 3.05) is 0 Å². The predicted molar refractivity (Wildman–Crippen MR) is 75.3 cm³/mol. The summed E-state index contributed by atoms with van der Waals surface area (Å²) in [5, 5.41) is 11.0. The Hall–Kier alpha value is -1.86. The van der Waals surface area contributed by atoms with Crippen LogP contribution in [0.15, 0.2) is 72.8 Å². The second-order valence-electron chi connectivity index (χ2n) is 4.37. The third kappa shape index (κ3) is 2.52. The van der Waals surface area contributed by atoms with Crippen molar-refractivity contribution in [3.63, 3.8) is 0 Å². The first-order valence-corrected chi connectivity index (χ1v) is 6.22. The third-order valence-electron chi connectivity index (χ3n) is 3.15. The zero-order valence-electron chi connectivity index (χ0n) is 10.6. The van der Waals surface area contributed by atoms with Crippen LogP contribution in [0.25, 0.3) is 0 Å². The van der Waals surface area contributed by atoms with Crippen molar-refractivity contribution in [3.05, 3.63) is 83.9 Å². The molecule has 2 aromatic carbocycles. The zero-order valence-corrected chi connectivity index (χ0v) is 10.6. The minimum absolute atomic E-state index is 0.581. The van der Waals surface area contributed by atoms with Crippen molar-refractivity contribution >= 4 is 0 Å². The molecule has 0 aliphatic rings. The Morgan fingerprint density at radius 1 is 0.889 bits per heavy atom. The highest BCUT2D eigenvalue weighted by molar-refractivity contribution is 5.36. The summed E-state index contributed by atoms with van der Waals surface area (Å²) >= 11 is 0. The van der Waals surface area contributed by atoms with E-state index in [1.807, 2.05) is 79.7 Å². The molecule has 0 saturated carbocycles. The Labute approximate surface area is 108 Å². The van der Waals surface area contributed by atoms with E-state index in [1.54, 1.807) is 0 Å². The van der Waals surface area contributed by atoms with Gasteiger partial charge in [0.25, 0.3) is 0 Å². The number of allylic oxidation sites excluding steroid dienone is 1. The molecule has 18 heavy (non-hydrogen) atoms. The molecule has 2 aromatic rings. The van der Waals surface area contributed by atoms with E-state index in [4.69, 9.17) is 0 Å². The summed E-state index contributed by atoms with van der Waals surface area (Å²) in [6.07, 6.45) is 4.55. The van der Waals surface area contributed by atoms with Gasteiger partial charge in [-0.2, -0.15) is 0 Å². The first-order valence-electron chi connectivity index (χ1n) is 6.22. The van der Waals surface area contributed by atoms with E-state index in [-0.39, 0.29) is 0 Å². The lowest BCUT2D eigenvalue weighted by atomic mass is 9.83. The van der Waals surface area contributed by atoms with E-state index in [0.717, 1.165) is 11.1 Å². The average molecular weight is 238 g/mol. The molecule has 0 atom stereocenters. The molecule has 0 fully saturated rings. The maximum atomic E-state index is 11.0. The van der Waals surface area contributed by atoms with E-state index < -0.39 is 5.60 Å². The molecule has 1 heteroatoms. The molecule has 1 N–H and O–H groups in total. The lowest BCUT2D eigenvalue weighted by molar-refractivity contribution is 0.0841. The molecule has 0 aliphatic heterocycles. The predicted octanol–water partition coefficient (Wildman–Crippen LogP) is 3.89. The zero-order chi connectivity index (χ0) is 12.8. The Kier molecular flexibility index (Phi) is 3.96. The first kappa shape index (κ1) is 12.6. The van der Waals surface area contributed by atoms with Crippen molar-refractivity contribution in [2.45, 2.75) is 18.9 Å². The van der Waals surface area contributed by atoms with Crippen molar-refractivity contribution in [1.29, 1.82) is 0 Å². The molecule has 0 saturated heterocycles. The molecule has 92 valence electrons. The second-order valence-corrected chi connectivity index (χ2v) is 4.37. The van der Waals surface area contributed by atoms with E-state index in [9.17, 15) is 5.11 Å². The summed E-state index contributed by atoms with van der Waals surface area (Å²) in [6.45, 7) is 1.97. The van der Waals surface area contributed by atoms with Crippen LogP contribution in [-0.2, 0) is 5.60 Å². The van der Waals surface area contributed by atoms with Gasteiger partial charge in [-0.3, -0.25) is 0 Å². The number of benzene rings is 2. The Morgan fingerprint density at radius 2 is 1.33 bits per heavy atom. The van der Waals surface area contributed by atoms with Crippen molar-refractivity contribution in [2.24, 2.45) is 0 Å². The molecular weight excluding hydrogens is 220 g/mol. The second kappa shape index (κ2) is 5.65. The van der Waals surface area contributed by atoms with Crippen LogP contribution in [0.1, 0.15) is 24.5 Å². The summed E-state index contributed by atoms with van der Waals surface area (Å²) < 4.78 is 0. The molecule has 1 nitrogen and oxygen atoms in total. The molecule has 0 aromatic heterocycles. The van der Waals surface area contributed by atoms with Gasteiger partial charge in [0, 0.05) is 6.42 Å². The molecule has 0 bridgehead atoms. The van der Waals surface area contributed by atoms with Crippen LogP contribution in [0.2, 0.25) is 0 Å². The standard InChI is InChI=1S/C17H18O/c1-2-3-14-17(18,15-10-6-4-7-11-15)16-12-8-5-9-13-16/h2-13,18H,14H2,1H3/b3-2+. The van der Waals surface area contributed by atoms with Gasteiger partial charge in [0.05, 0.1) is 0 Å². The third-order valence-corrected chi connectivity index (χ3v) is 3.15. The highest BCUT2D eigenvalue weighted by Gasteiger charge is 2.29. The smallest absolute Gasteiger partial charge is 0.118 e. The van der Waals surface area contributed by atoms with Gasteiger partial charge in [-0.15, -0.1) is 0 Å². The summed E-state index contributed by atoms with van der Waals surface area (Å²) in [5.74, 6) is 0. The molecule has 0 heterocycles. The van der Waals surface area contributed by atoms with E-state index in [2.05, 4.69) is 0 Å². The number of rotatable bonds is 4. The fourth-order valence-electron chi connectivity index (χ4n) is 2.12. The first-order chi connectivity index (χ1) is 8.77. The molecule has 0 unspecified atom stereocenters. The van der Waals surface area contributed by atoms with Crippen LogP contribution in [0.5, 0.6) is 0 Å². The number of hydrogen-bond donors (Lipinski definition) is 1. The highest BCUT2D eigenvalue weighted by atomic mass is 16.3. The fourth-order valence-corrected chi connectivity index (χ4v) is 2.12. The highest BCUT2D eigenvalue weighted by Crippen LogP contribution is 2.33. The normalized spacial score (nSPS) is 11.9. The fraction of sp³-hybridized carbons (Fsp3) is 0.176. The van der Waals surface area contributed by atoms with Crippen molar-refractivity contribution < 1.29 is 5.11 Å². The van der Waals surface area contributed by atoms with E-state index in [0.29, 0.717) is 6.42 Å². The molecule has 0 radical (unpaired) electrons. The van der Waals surface area contributed by atoms with Gasteiger partial charge in [-0.1, -0.05) is 72.8 Å². The molecule has 0 spiro atoms. The maximum absolute atomic E-state index is 11.0. The topological polar surface area (TPSA) is 20.2 Å². The summed E-state index contributed by atoms with van der Waals surface area (Å²) in [6, 6.07) is 19.6. The van der Waals surface area contributed by atoms with Crippen molar-refractivity contribution in [3.8, 4) is 0 Å².